The molecule has 0 heterocycles. The summed E-state index contributed by atoms with van der Waals surface area (Å²) in [6, 6.07) is 0.580. The van der Waals surface area contributed by atoms with E-state index in [1.54, 1.807) is 0 Å². The third-order valence-electron chi connectivity index (χ3n) is 2.25. The van der Waals surface area contributed by atoms with E-state index in [1.807, 2.05) is 0 Å². The first-order valence-corrected chi connectivity index (χ1v) is 5.15. The smallest absolute Gasteiger partial charge is 0.0664 e. The molecular formula is C10H23NO. The van der Waals surface area contributed by atoms with Crippen LogP contribution in [0.4, 0.5) is 0 Å². The van der Waals surface area contributed by atoms with Crippen molar-refractivity contribution in [1.29, 1.82) is 0 Å². The fourth-order valence-electron chi connectivity index (χ4n) is 1.32. The summed E-state index contributed by atoms with van der Waals surface area (Å²) < 4.78 is 0. The Balaban J connectivity index is 3.37. The van der Waals surface area contributed by atoms with Crippen molar-refractivity contribution in [3.63, 3.8) is 0 Å². The van der Waals surface area contributed by atoms with Crippen LogP contribution in [0.1, 0.15) is 46.5 Å². The van der Waals surface area contributed by atoms with Gasteiger partial charge in [0.2, 0.25) is 0 Å². The monoisotopic (exact) mass is 173 g/mol. The van der Waals surface area contributed by atoms with Gasteiger partial charge in [-0.1, -0.05) is 27.2 Å². The van der Waals surface area contributed by atoms with Crippen molar-refractivity contribution in [2.24, 2.45) is 0 Å². The molecule has 1 atom stereocenters. The maximum Gasteiger partial charge on any atom is 0.0664 e. The van der Waals surface area contributed by atoms with E-state index in [4.69, 9.17) is 0 Å². The highest BCUT2D eigenvalue weighted by Crippen LogP contribution is 1.98. The zero-order valence-electron chi connectivity index (χ0n) is 8.64. The van der Waals surface area contributed by atoms with Crippen molar-refractivity contribution in [3.8, 4) is 0 Å². The fourth-order valence-corrected chi connectivity index (χ4v) is 1.32. The van der Waals surface area contributed by atoms with E-state index in [9.17, 15) is 5.11 Å². The van der Waals surface area contributed by atoms with Gasteiger partial charge < -0.3 is 10.4 Å². The maximum atomic E-state index is 9.43. The van der Waals surface area contributed by atoms with Crippen LogP contribution in [0.2, 0.25) is 0 Å². The van der Waals surface area contributed by atoms with Crippen LogP contribution < -0.4 is 5.32 Å². The molecular weight excluding hydrogens is 150 g/mol. The number of aliphatic hydroxyl groups is 1. The summed E-state index contributed by atoms with van der Waals surface area (Å²) in [5, 5.41) is 12.8. The van der Waals surface area contributed by atoms with E-state index in [0.717, 1.165) is 32.2 Å². The summed E-state index contributed by atoms with van der Waals surface area (Å²) in [4.78, 5) is 0. The molecule has 0 aliphatic heterocycles. The van der Waals surface area contributed by atoms with Crippen molar-refractivity contribution in [1.82, 2.24) is 5.32 Å². The predicted octanol–water partition coefficient (Wildman–Crippen LogP) is 1.93. The first-order chi connectivity index (χ1) is 5.74. The Kier molecular flexibility index (Phi) is 7.51. The van der Waals surface area contributed by atoms with E-state index < -0.39 is 0 Å². The van der Waals surface area contributed by atoms with E-state index in [0.29, 0.717) is 6.04 Å². The molecule has 0 bridgehead atoms. The van der Waals surface area contributed by atoms with Crippen molar-refractivity contribution >= 4 is 0 Å². The molecule has 74 valence electrons. The Morgan fingerprint density at radius 3 is 2.17 bits per heavy atom. The van der Waals surface area contributed by atoms with Gasteiger partial charge in [0.25, 0.3) is 0 Å². The van der Waals surface area contributed by atoms with Crippen molar-refractivity contribution in [2.75, 3.05) is 6.54 Å². The van der Waals surface area contributed by atoms with Gasteiger partial charge in [0.15, 0.2) is 0 Å². The standard InChI is InChI=1S/C10H23NO/c1-4-7-10(12)8-11-9(5-2)6-3/h9-12H,4-8H2,1-3H3. The Morgan fingerprint density at radius 1 is 1.17 bits per heavy atom. The summed E-state index contributed by atoms with van der Waals surface area (Å²) in [6.45, 7) is 7.20. The van der Waals surface area contributed by atoms with Gasteiger partial charge in [-0.05, 0) is 19.3 Å². The summed E-state index contributed by atoms with van der Waals surface area (Å²) in [5.41, 5.74) is 0. The average molecular weight is 173 g/mol. The van der Waals surface area contributed by atoms with Crippen molar-refractivity contribution in [2.45, 2.75) is 58.6 Å². The van der Waals surface area contributed by atoms with Crippen LogP contribution in [0.25, 0.3) is 0 Å². The molecule has 0 aromatic heterocycles. The molecule has 0 rings (SSSR count). The van der Waals surface area contributed by atoms with Gasteiger partial charge in [-0.25, -0.2) is 0 Å². The molecule has 2 nitrogen and oxygen atoms in total. The van der Waals surface area contributed by atoms with Crippen LogP contribution in [0.5, 0.6) is 0 Å². The molecule has 0 aliphatic rings. The van der Waals surface area contributed by atoms with Crippen LogP contribution in [0.15, 0.2) is 0 Å². The number of hydrogen-bond acceptors (Lipinski definition) is 2. The lowest BCUT2D eigenvalue weighted by Crippen LogP contribution is -2.34. The molecule has 0 aliphatic carbocycles. The molecule has 2 N–H and O–H groups in total. The highest BCUT2D eigenvalue weighted by molar-refractivity contribution is 4.66. The topological polar surface area (TPSA) is 32.3 Å². The molecule has 0 saturated heterocycles. The molecule has 1 unspecified atom stereocenters. The lowest BCUT2D eigenvalue weighted by atomic mass is 10.1. The Morgan fingerprint density at radius 2 is 1.75 bits per heavy atom. The van der Waals surface area contributed by atoms with Gasteiger partial charge in [0.05, 0.1) is 6.10 Å². The van der Waals surface area contributed by atoms with Crippen LogP contribution in [0.3, 0.4) is 0 Å². The number of nitrogens with one attached hydrogen (secondary N) is 1. The normalized spacial score (nSPS) is 13.8. The molecule has 0 fully saturated rings. The second kappa shape index (κ2) is 7.56. The minimum absolute atomic E-state index is 0.157. The Bertz CT molecular complexity index is 91.8. The minimum Gasteiger partial charge on any atom is -0.392 e. The number of aliphatic hydroxyl groups excluding tert-OH is 1. The van der Waals surface area contributed by atoms with E-state index in [-0.39, 0.29) is 6.10 Å². The van der Waals surface area contributed by atoms with Crippen LogP contribution in [0, 0.1) is 0 Å². The summed E-state index contributed by atoms with van der Waals surface area (Å²) in [6.07, 6.45) is 4.11. The first-order valence-electron chi connectivity index (χ1n) is 5.15. The molecule has 0 spiro atoms. The van der Waals surface area contributed by atoms with Gasteiger partial charge in [-0.15, -0.1) is 0 Å². The van der Waals surface area contributed by atoms with Crippen LogP contribution >= 0.6 is 0 Å². The largest absolute Gasteiger partial charge is 0.392 e. The molecule has 12 heavy (non-hydrogen) atoms. The summed E-state index contributed by atoms with van der Waals surface area (Å²) in [7, 11) is 0. The molecule has 0 amide bonds. The second-order valence-corrected chi connectivity index (χ2v) is 3.36. The minimum atomic E-state index is -0.157. The highest BCUT2D eigenvalue weighted by Gasteiger charge is 2.05. The van der Waals surface area contributed by atoms with E-state index in [2.05, 4.69) is 26.1 Å². The average Bonchev–Trinajstić information content (AvgIpc) is 2.07. The van der Waals surface area contributed by atoms with E-state index >= 15 is 0 Å². The lowest BCUT2D eigenvalue weighted by molar-refractivity contribution is 0.155. The summed E-state index contributed by atoms with van der Waals surface area (Å²) >= 11 is 0. The Hall–Kier alpha value is -0.0800. The van der Waals surface area contributed by atoms with E-state index in [1.165, 1.54) is 0 Å². The Labute approximate surface area is 76.4 Å². The molecule has 0 saturated carbocycles. The number of hydrogen-bond donors (Lipinski definition) is 2. The third kappa shape index (κ3) is 5.56. The first kappa shape index (κ1) is 11.9. The fraction of sp³-hybridized carbons (Fsp3) is 1.00. The van der Waals surface area contributed by atoms with Gasteiger partial charge in [0.1, 0.15) is 0 Å². The molecule has 0 aromatic carbocycles. The molecule has 2 heteroatoms. The summed E-state index contributed by atoms with van der Waals surface area (Å²) in [5.74, 6) is 0. The van der Waals surface area contributed by atoms with Crippen molar-refractivity contribution < 1.29 is 5.11 Å². The van der Waals surface area contributed by atoms with Crippen molar-refractivity contribution in [3.05, 3.63) is 0 Å². The molecule has 0 radical (unpaired) electrons. The van der Waals surface area contributed by atoms with Gasteiger partial charge in [0, 0.05) is 12.6 Å². The quantitative estimate of drug-likeness (QED) is 0.616. The zero-order valence-corrected chi connectivity index (χ0v) is 8.64. The van der Waals surface area contributed by atoms with Crippen LogP contribution in [-0.2, 0) is 0 Å². The predicted molar refractivity (Wildman–Crippen MR) is 53.3 cm³/mol. The SMILES string of the molecule is CCCC(O)CNC(CC)CC. The van der Waals surface area contributed by atoms with Gasteiger partial charge in [-0.3, -0.25) is 0 Å². The van der Waals surface area contributed by atoms with Gasteiger partial charge in [-0.2, -0.15) is 0 Å². The second-order valence-electron chi connectivity index (χ2n) is 3.36. The lowest BCUT2D eigenvalue weighted by Gasteiger charge is -2.17. The third-order valence-corrected chi connectivity index (χ3v) is 2.25. The number of rotatable bonds is 7. The molecule has 0 aromatic rings. The van der Waals surface area contributed by atoms with Gasteiger partial charge >= 0.3 is 0 Å². The highest BCUT2D eigenvalue weighted by atomic mass is 16.3. The maximum absolute atomic E-state index is 9.43. The zero-order chi connectivity index (χ0) is 9.40. The van der Waals surface area contributed by atoms with Crippen LogP contribution in [-0.4, -0.2) is 23.8 Å².